The van der Waals surface area contributed by atoms with Crippen LogP contribution in [0.1, 0.15) is 4.88 Å². The van der Waals surface area contributed by atoms with Gasteiger partial charge in [-0.2, -0.15) is 4.68 Å². The van der Waals surface area contributed by atoms with Crippen LogP contribution in [-0.4, -0.2) is 38.6 Å². The van der Waals surface area contributed by atoms with E-state index in [0.29, 0.717) is 17.3 Å². The number of tetrazole rings is 1. The molecule has 9 nitrogen and oxygen atoms in total. The average Bonchev–Trinajstić information content (AvgIpc) is 3.49. The smallest absolute Gasteiger partial charge is 0.274 e. The van der Waals surface area contributed by atoms with Gasteiger partial charge >= 0.3 is 0 Å². The number of carbonyl (C=O) groups excluding carboxylic acids is 2. The van der Waals surface area contributed by atoms with Crippen LogP contribution < -0.4 is 15.8 Å². The average molecular weight is 446 g/mol. The van der Waals surface area contributed by atoms with Gasteiger partial charge in [0.15, 0.2) is 12.4 Å². The second kappa shape index (κ2) is 9.67. The van der Waals surface area contributed by atoms with Crippen LogP contribution in [0.3, 0.4) is 0 Å². The van der Waals surface area contributed by atoms with Crippen LogP contribution in [0.2, 0.25) is 0 Å². The number of anilines is 1. The second-order valence-corrected chi connectivity index (χ2v) is 7.54. The molecule has 10 heteroatoms. The van der Waals surface area contributed by atoms with Crippen molar-refractivity contribution in [2.45, 2.75) is 0 Å². The van der Waals surface area contributed by atoms with Crippen molar-refractivity contribution in [1.29, 1.82) is 0 Å². The highest BCUT2D eigenvalue weighted by molar-refractivity contribution is 7.10. The van der Waals surface area contributed by atoms with Crippen molar-refractivity contribution in [3.63, 3.8) is 0 Å². The van der Waals surface area contributed by atoms with Crippen LogP contribution in [0, 0.1) is 0 Å². The van der Waals surface area contributed by atoms with Crippen molar-refractivity contribution in [1.82, 2.24) is 20.2 Å². The first kappa shape index (κ1) is 20.9. The van der Waals surface area contributed by atoms with Crippen LogP contribution in [0.25, 0.3) is 23.2 Å². The molecule has 0 atom stereocenters. The third-order valence-electron chi connectivity index (χ3n) is 4.26. The van der Waals surface area contributed by atoms with Gasteiger partial charge < -0.3 is 15.8 Å². The third kappa shape index (κ3) is 5.05. The molecule has 0 fully saturated rings. The number of benzene rings is 2. The summed E-state index contributed by atoms with van der Waals surface area (Å²) in [6.07, 6.45) is 1.72. The summed E-state index contributed by atoms with van der Waals surface area (Å²) in [4.78, 5) is 25.1. The van der Waals surface area contributed by atoms with Gasteiger partial charge in [0.25, 0.3) is 11.8 Å². The Kier molecular flexibility index (Phi) is 6.33. The minimum absolute atomic E-state index is 0.236. The molecule has 4 aromatic rings. The van der Waals surface area contributed by atoms with Gasteiger partial charge in [-0.1, -0.05) is 42.5 Å². The molecule has 0 aliphatic rings. The molecular weight excluding hydrogens is 428 g/mol. The maximum absolute atomic E-state index is 13.3. The number of amides is 2. The zero-order valence-electron chi connectivity index (χ0n) is 16.7. The molecule has 160 valence electrons. The monoisotopic (exact) mass is 446 g/mol. The summed E-state index contributed by atoms with van der Waals surface area (Å²) < 4.78 is 6.71. The van der Waals surface area contributed by atoms with Crippen molar-refractivity contribution in [2.75, 3.05) is 11.9 Å². The van der Waals surface area contributed by atoms with Gasteiger partial charge in [0.05, 0.1) is 0 Å². The highest BCUT2D eigenvalue weighted by Crippen LogP contribution is 2.24. The molecule has 2 aromatic heterocycles. The van der Waals surface area contributed by atoms with Gasteiger partial charge in [-0.05, 0) is 40.1 Å². The Morgan fingerprint density at radius 2 is 1.94 bits per heavy atom. The molecular formula is C22H18N6O3S. The van der Waals surface area contributed by atoms with E-state index < -0.39 is 11.8 Å². The van der Waals surface area contributed by atoms with Crippen molar-refractivity contribution in [3.8, 4) is 17.1 Å². The first-order valence-electron chi connectivity index (χ1n) is 9.52. The highest BCUT2D eigenvalue weighted by Gasteiger charge is 2.20. The predicted molar refractivity (Wildman–Crippen MR) is 122 cm³/mol. The summed E-state index contributed by atoms with van der Waals surface area (Å²) in [5, 5.41) is 16.7. The highest BCUT2D eigenvalue weighted by atomic mass is 32.1. The van der Waals surface area contributed by atoms with Gasteiger partial charge in [0.1, 0.15) is 11.4 Å². The number of primary amides is 1. The van der Waals surface area contributed by atoms with E-state index in [1.165, 1.54) is 16.0 Å². The molecule has 32 heavy (non-hydrogen) atoms. The molecule has 3 N–H and O–H groups in total. The van der Waals surface area contributed by atoms with Crippen LogP contribution in [-0.2, 0) is 9.59 Å². The van der Waals surface area contributed by atoms with Crippen LogP contribution in [0.5, 0.6) is 5.75 Å². The second-order valence-electron chi connectivity index (χ2n) is 6.56. The van der Waals surface area contributed by atoms with E-state index in [4.69, 9.17) is 10.5 Å². The molecule has 0 bridgehead atoms. The lowest BCUT2D eigenvalue weighted by Gasteiger charge is -2.11. The Labute approximate surface area is 187 Å². The molecule has 0 spiro atoms. The molecule has 0 aliphatic heterocycles. The summed E-state index contributed by atoms with van der Waals surface area (Å²) in [6, 6.07) is 19.8. The Hall–Kier alpha value is -4.31. The predicted octanol–water partition coefficient (Wildman–Crippen LogP) is 2.90. The SMILES string of the molecule is NC(=O)COc1cccc(NC(=O)/C(=C/c2cccs2)n2nnnc2-c2ccccc2)c1. The number of rotatable bonds is 8. The first-order chi connectivity index (χ1) is 15.6. The Bertz CT molecular complexity index is 1250. The normalized spacial score (nSPS) is 11.2. The summed E-state index contributed by atoms with van der Waals surface area (Å²) in [7, 11) is 0. The molecule has 4 rings (SSSR count). The topological polar surface area (TPSA) is 125 Å². The Balaban J connectivity index is 1.66. The van der Waals surface area contributed by atoms with E-state index in [9.17, 15) is 9.59 Å². The summed E-state index contributed by atoms with van der Waals surface area (Å²) in [5.41, 5.74) is 6.60. The van der Waals surface area contributed by atoms with E-state index in [2.05, 4.69) is 20.8 Å². The number of thiophene rings is 1. The maximum atomic E-state index is 13.3. The quantitative estimate of drug-likeness (QED) is 0.401. The number of carbonyl (C=O) groups is 2. The van der Waals surface area contributed by atoms with E-state index in [1.807, 2.05) is 47.8 Å². The minimum atomic E-state index is -0.590. The largest absolute Gasteiger partial charge is 0.484 e. The molecule has 0 unspecified atom stereocenters. The number of nitrogens with zero attached hydrogens (tertiary/aromatic N) is 4. The number of ether oxygens (including phenoxy) is 1. The van der Waals surface area contributed by atoms with Crippen LogP contribution in [0.4, 0.5) is 5.69 Å². The Morgan fingerprint density at radius 3 is 2.69 bits per heavy atom. The van der Waals surface area contributed by atoms with Crippen molar-refractivity contribution in [3.05, 3.63) is 77.0 Å². The molecule has 0 saturated heterocycles. The van der Waals surface area contributed by atoms with Crippen molar-refractivity contribution < 1.29 is 14.3 Å². The van der Waals surface area contributed by atoms with Crippen LogP contribution >= 0.6 is 11.3 Å². The fourth-order valence-corrected chi connectivity index (χ4v) is 3.51. The molecule has 0 aliphatic carbocycles. The van der Waals surface area contributed by atoms with E-state index in [0.717, 1.165) is 10.4 Å². The van der Waals surface area contributed by atoms with E-state index >= 15 is 0 Å². The zero-order chi connectivity index (χ0) is 22.3. The van der Waals surface area contributed by atoms with Gasteiger partial charge in [0.2, 0.25) is 0 Å². The van der Waals surface area contributed by atoms with E-state index in [-0.39, 0.29) is 12.3 Å². The number of aromatic nitrogens is 4. The Morgan fingerprint density at radius 1 is 1.09 bits per heavy atom. The standard InChI is InChI=1S/C22H18N6O3S/c23-20(29)14-31-17-9-4-8-16(12-17)24-22(30)19(13-18-10-5-11-32-18)28-21(25-26-27-28)15-6-2-1-3-7-15/h1-13H,14H2,(H2,23,29)(H,24,30)/b19-13-. The van der Waals surface area contributed by atoms with E-state index in [1.54, 1.807) is 30.3 Å². The summed E-state index contributed by atoms with van der Waals surface area (Å²) in [5.74, 6) is -0.178. The molecule has 0 saturated carbocycles. The number of hydrogen-bond acceptors (Lipinski definition) is 7. The number of nitrogens with two attached hydrogens (primary N) is 1. The zero-order valence-corrected chi connectivity index (χ0v) is 17.5. The first-order valence-corrected chi connectivity index (χ1v) is 10.4. The fraction of sp³-hybridized carbons (Fsp3) is 0.0455. The third-order valence-corrected chi connectivity index (χ3v) is 5.08. The lowest BCUT2D eigenvalue weighted by atomic mass is 10.2. The maximum Gasteiger partial charge on any atom is 0.274 e. The fourth-order valence-electron chi connectivity index (χ4n) is 2.86. The summed E-state index contributed by atoms with van der Waals surface area (Å²) in [6.45, 7) is -0.258. The number of hydrogen-bond donors (Lipinski definition) is 2. The molecule has 2 amide bonds. The molecule has 0 radical (unpaired) electrons. The van der Waals surface area contributed by atoms with Crippen molar-refractivity contribution >= 4 is 40.6 Å². The lowest BCUT2D eigenvalue weighted by Crippen LogP contribution is -2.20. The summed E-state index contributed by atoms with van der Waals surface area (Å²) >= 11 is 1.48. The molecule has 2 heterocycles. The van der Waals surface area contributed by atoms with Gasteiger partial charge in [-0.25, -0.2) is 0 Å². The molecule has 2 aromatic carbocycles. The van der Waals surface area contributed by atoms with Crippen LogP contribution in [0.15, 0.2) is 72.1 Å². The number of nitrogens with one attached hydrogen (secondary N) is 1. The minimum Gasteiger partial charge on any atom is -0.484 e. The van der Waals surface area contributed by atoms with Gasteiger partial charge in [-0.15, -0.1) is 16.4 Å². The van der Waals surface area contributed by atoms with Gasteiger partial charge in [-0.3, -0.25) is 9.59 Å². The van der Waals surface area contributed by atoms with Crippen molar-refractivity contribution in [2.24, 2.45) is 5.73 Å². The lowest BCUT2D eigenvalue weighted by molar-refractivity contribution is -0.120. The van der Waals surface area contributed by atoms with Gasteiger partial charge in [0, 0.05) is 22.2 Å².